The summed E-state index contributed by atoms with van der Waals surface area (Å²) in [5.74, 6) is -0.0820. The molecule has 0 aliphatic heterocycles. The summed E-state index contributed by atoms with van der Waals surface area (Å²) in [6.45, 7) is 4.26. The maximum atomic E-state index is 13.7. The smallest absolute Gasteiger partial charge is 0.350 e. The average molecular weight is 535 g/mol. The molecule has 4 aromatic rings. The second-order valence-electron chi connectivity index (χ2n) is 8.01. The predicted molar refractivity (Wildman–Crippen MR) is 143 cm³/mol. The molecule has 6 N–H and O–H groups in total. The first-order valence-corrected chi connectivity index (χ1v) is 11.5. The maximum Gasteiger partial charge on any atom is 0.350 e. The van der Waals surface area contributed by atoms with Crippen LogP contribution in [0.5, 0.6) is 5.75 Å². The molecule has 39 heavy (non-hydrogen) atoms. The normalized spacial score (nSPS) is 11.0. The molecule has 2 heterocycles. The van der Waals surface area contributed by atoms with Gasteiger partial charge in [-0.3, -0.25) is 15.2 Å². The third kappa shape index (κ3) is 7.82. The lowest BCUT2D eigenvalue weighted by Gasteiger charge is -2.20. The minimum Gasteiger partial charge on any atom is -0.490 e. The summed E-state index contributed by atoms with van der Waals surface area (Å²) < 4.78 is 20.4. The Kier molecular flexibility index (Phi) is 9.62. The van der Waals surface area contributed by atoms with Crippen LogP contribution in [-0.4, -0.2) is 48.3 Å². The first-order chi connectivity index (χ1) is 18.7. The first-order valence-electron chi connectivity index (χ1n) is 11.5. The largest absolute Gasteiger partial charge is 0.490 e. The number of rotatable bonds is 10. The van der Waals surface area contributed by atoms with E-state index in [-0.39, 0.29) is 24.2 Å². The third-order valence-corrected chi connectivity index (χ3v) is 5.00. The summed E-state index contributed by atoms with van der Waals surface area (Å²) in [5.41, 5.74) is 7.24. The summed E-state index contributed by atoms with van der Waals surface area (Å²) >= 11 is 0. The van der Waals surface area contributed by atoms with E-state index in [1.807, 2.05) is 0 Å². The van der Waals surface area contributed by atoms with Gasteiger partial charge in [0.05, 0.1) is 0 Å². The van der Waals surface area contributed by atoms with Gasteiger partial charge in [0.15, 0.2) is 5.82 Å². The number of hydrogen-bond donors (Lipinski definition) is 5. The van der Waals surface area contributed by atoms with E-state index in [1.165, 1.54) is 12.4 Å². The number of aromatic amines is 1. The Bertz CT molecular complexity index is 1480. The number of aliphatic carboxylic acids is 1. The highest BCUT2D eigenvalue weighted by atomic mass is 19.1. The quantitative estimate of drug-likeness (QED) is 0.116. The molecule has 0 amide bonds. The average Bonchev–Trinajstić information content (AvgIpc) is 3.31. The molecule has 0 fully saturated rings. The van der Waals surface area contributed by atoms with Gasteiger partial charge < -0.3 is 20.9 Å². The van der Waals surface area contributed by atoms with Gasteiger partial charge >= 0.3 is 5.69 Å². The topological polar surface area (TPSA) is 185 Å². The molecule has 4 rings (SSSR count). The lowest BCUT2D eigenvalue weighted by Crippen LogP contribution is -2.18. The second kappa shape index (κ2) is 13.3. The van der Waals surface area contributed by atoms with Gasteiger partial charge in [-0.05, 0) is 53.6 Å². The Balaban J connectivity index is 0.000000983. The van der Waals surface area contributed by atoms with Crippen LogP contribution < -0.4 is 21.5 Å². The van der Waals surface area contributed by atoms with Crippen LogP contribution in [0.1, 0.15) is 35.5 Å². The maximum absolute atomic E-state index is 13.7. The van der Waals surface area contributed by atoms with Crippen molar-refractivity contribution in [2.24, 2.45) is 5.73 Å². The number of carbonyl (C=O) groups is 1. The van der Waals surface area contributed by atoms with E-state index in [1.54, 1.807) is 54.6 Å². The minimum atomic E-state index is -0.833. The number of nitrogens with zero attached hydrogens (tertiary/aromatic N) is 4. The third-order valence-electron chi connectivity index (χ3n) is 5.00. The van der Waals surface area contributed by atoms with Crippen LogP contribution in [0.2, 0.25) is 0 Å². The van der Waals surface area contributed by atoms with E-state index >= 15 is 0 Å². The van der Waals surface area contributed by atoms with Crippen LogP contribution in [-0.2, 0) is 11.5 Å². The number of alkyl halides is 1. The van der Waals surface area contributed by atoms with Gasteiger partial charge in [-0.2, -0.15) is 0 Å². The Morgan fingerprint density at radius 3 is 2.54 bits per heavy atom. The van der Waals surface area contributed by atoms with E-state index in [2.05, 4.69) is 31.9 Å². The van der Waals surface area contributed by atoms with Crippen LogP contribution in [0.4, 0.5) is 10.1 Å². The molecule has 1 atom stereocenters. The molecule has 0 saturated carbocycles. The van der Waals surface area contributed by atoms with E-state index in [0.717, 1.165) is 11.6 Å². The van der Waals surface area contributed by atoms with Gasteiger partial charge in [-0.25, -0.2) is 19.2 Å². The summed E-state index contributed by atoms with van der Waals surface area (Å²) in [6, 6.07) is 12.8. The molecule has 0 bridgehead atoms. The Morgan fingerprint density at radius 1 is 1.28 bits per heavy atom. The monoisotopic (exact) mass is 534 g/mol. The number of halogens is 1. The van der Waals surface area contributed by atoms with Crippen LogP contribution >= 0.6 is 0 Å². The highest BCUT2D eigenvalue weighted by Gasteiger charge is 2.22. The standard InChI is InChI=1S/C24H23FN8O2.C2H4O2/c1-2-10-35-19-12-15(14-25)11-17(13-19)20(30-18-6-4-16(5-7-18)21(26)27)22-31-24(34)33(32-22)23-28-8-3-9-29-23;1-2(3)4/h2-9,11-13,20,30H,1,10,14H2,(H3,26,27)(H,31,32,34);1H3,(H,3,4). The Labute approximate surface area is 222 Å². The number of hydrogen-bond acceptors (Lipinski definition) is 8. The first kappa shape index (κ1) is 28.2. The number of nitrogens with two attached hydrogens (primary N) is 1. The van der Waals surface area contributed by atoms with Crippen LogP contribution in [0.15, 0.2) is 78.4 Å². The summed E-state index contributed by atoms with van der Waals surface area (Å²) in [5, 5.41) is 22.7. The van der Waals surface area contributed by atoms with Crippen molar-refractivity contribution in [1.29, 1.82) is 5.41 Å². The molecule has 0 aliphatic carbocycles. The molecular formula is C26H27FN8O4. The molecule has 13 heteroatoms. The van der Waals surface area contributed by atoms with Crippen LogP contribution in [0.3, 0.4) is 0 Å². The van der Waals surface area contributed by atoms with Crippen molar-refractivity contribution in [3.63, 3.8) is 0 Å². The van der Waals surface area contributed by atoms with Gasteiger partial charge in [0.25, 0.3) is 11.9 Å². The van der Waals surface area contributed by atoms with Crippen molar-refractivity contribution in [3.8, 4) is 11.7 Å². The lowest BCUT2D eigenvalue weighted by molar-refractivity contribution is -0.134. The van der Waals surface area contributed by atoms with Gasteiger partial charge in [-0.1, -0.05) is 18.7 Å². The highest BCUT2D eigenvalue weighted by Crippen LogP contribution is 2.29. The van der Waals surface area contributed by atoms with Gasteiger partial charge in [0.1, 0.15) is 30.9 Å². The summed E-state index contributed by atoms with van der Waals surface area (Å²) in [6.07, 6.45) is 4.60. The molecule has 1 unspecified atom stereocenters. The molecule has 0 aliphatic rings. The molecule has 2 aromatic carbocycles. The predicted octanol–water partition coefficient (Wildman–Crippen LogP) is 2.96. The van der Waals surface area contributed by atoms with Gasteiger partial charge in [-0.15, -0.1) is 9.78 Å². The number of nitrogens with one attached hydrogen (secondary N) is 3. The zero-order valence-electron chi connectivity index (χ0n) is 21.0. The van der Waals surface area contributed by atoms with Crippen molar-refractivity contribution in [3.05, 3.63) is 107 Å². The van der Waals surface area contributed by atoms with Crippen molar-refractivity contribution in [2.75, 3.05) is 11.9 Å². The number of anilines is 1. The van der Waals surface area contributed by atoms with E-state index in [9.17, 15) is 9.18 Å². The zero-order valence-corrected chi connectivity index (χ0v) is 21.0. The van der Waals surface area contributed by atoms with Crippen molar-refractivity contribution < 1.29 is 19.0 Å². The van der Waals surface area contributed by atoms with Crippen molar-refractivity contribution in [1.82, 2.24) is 24.7 Å². The van der Waals surface area contributed by atoms with E-state index < -0.39 is 24.4 Å². The van der Waals surface area contributed by atoms with Crippen molar-refractivity contribution in [2.45, 2.75) is 19.6 Å². The zero-order chi connectivity index (χ0) is 28.4. The number of ether oxygens (including phenoxy) is 1. The number of H-pyrrole nitrogens is 1. The number of carboxylic acids is 1. The number of carboxylic acid groups (broad SMARTS) is 1. The number of nitrogen functional groups attached to an aromatic ring is 1. The molecule has 0 spiro atoms. The van der Waals surface area contributed by atoms with Gasteiger partial charge in [0, 0.05) is 30.6 Å². The molecular weight excluding hydrogens is 507 g/mol. The fourth-order valence-corrected chi connectivity index (χ4v) is 3.40. The Hall–Kier alpha value is -5.33. The second-order valence-corrected chi connectivity index (χ2v) is 8.01. The molecule has 12 nitrogen and oxygen atoms in total. The molecule has 202 valence electrons. The van der Waals surface area contributed by atoms with Crippen LogP contribution in [0, 0.1) is 5.41 Å². The van der Waals surface area contributed by atoms with Crippen LogP contribution in [0.25, 0.3) is 5.95 Å². The van der Waals surface area contributed by atoms with Gasteiger partial charge in [0.2, 0.25) is 0 Å². The molecule has 0 saturated heterocycles. The number of benzene rings is 2. The molecule has 2 aromatic heterocycles. The SMILES string of the molecule is C=CCOc1cc(CF)cc(C(Nc2ccc(C(=N)N)cc2)c2nn(-c3ncccn3)c(=O)[nH]2)c1.CC(=O)O. The summed E-state index contributed by atoms with van der Waals surface area (Å²) in [7, 11) is 0. The fourth-order valence-electron chi connectivity index (χ4n) is 3.40. The number of aromatic nitrogens is 5. The Morgan fingerprint density at radius 2 is 1.95 bits per heavy atom. The molecule has 0 radical (unpaired) electrons. The highest BCUT2D eigenvalue weighted by molar-refractivity contribution is 5.95. The fraction of sp³-hybridized carbons (Fsp3) is 0.154. The summed E-state index contributed by atoms with van der Waals surface area (Å²) in [4.78, 5) is 32.6. The van der Waals surface area contributed by atoms with E-state index in [0.29, 0.717) is 28.1 Å². The van der Waals surface area contributed by atoms with E-state index in [4.69, 9.17) is 25.8 Å². The minimum absolute atomic E-state index is 0.0568. The lowest BCUT2D eigenvalue weighted by atomic mass is 10.0. The number of amidine groups is 1. The van der Waals surface area contributed by atoms with Crippen molar-refractivity contribution >= 4 is 17.5 Å².